The Morgan fingerprint density at radius 1 is 1.06 bits per heavy atom. The van der Waals surface area contributed by atoms with Gasteiger partial charge in [-0.2, -0.15) is 4.98 Å². The Morgan fingerprint density at radius 2 is 1.88 bits per heavy atom. The summed E-state index contributed by atoms with van der Waals surface area (Å²) >= 11 is 0. The molecule has 0 spiro atoms. The Hall–Kier alpha value is -3.00. The van der Waals surface area contributed by atoms with Gasteiger partial charge in [-0.15, -0.1) is 0 Å². The number of fused-ring (bicyclic) bond motifs is 1. The van der Waals surface area contributed by atoms with Crippen LogP contribution in [0.15, 0.2) is 30.7 Å². The molecule has 0 aliphatic carbocycles. The molecule has 0 saturated carbocycles. The van der Waals surface area contributed by atoms with E-state index in [-0.39, 0.29) is 11.5 Å². The third-order valence-corrected chi connectivity index (χ3v) is 6.65. The number of anilines is 4. The highest BCUT2D eigenvalue weighted by molar-refractivity contribution is 5.96. The first kappa shape index (κ1) is 21.8. The molecular formula is C25H33N7O. The topological polar surface area (TPSA) is 90.3 Å². The predicted molar refractivity (Wildman–Crippen MR) is 132 cm³/mol. The predicted octanol–water partition coefficient (Wildman–Crippen LogP) is 4.09. The molecule has 2 fully saturated rings. The zero-order valence-electron chi connectivity index (χ0n) is 19.9. The van der Waals surface area contributed by atoms with Crippen LogP contribution < -0.4 is 15.1 Å². The van der Waals surface area contributed by atoms with Gasteiger partial charge in [0.1, 0.15) is 17.5 Å². The number of β-amino-alcohol motifs (C(OH)–C–C–N with tert-alkyl or cyclic N) is 1. The summed E-state index contributed by atoms with van der Waals surface area (Å²) in [6.07, 6.45) is 7.75. The molecule has 0 amide bonds. The van der Waals surface area contributed by atoms with Crippen LogP contribution in [0.25, 0.3) is 10.8 Å². The van der Waals surface area contributed by atoms with Crippen molar-refractivity contribution >= 4 is 34.2 Å². The molecule has 3 aromatic heterocycles. The first-order valence-electron chi connectivity index (χ1n) is 11.9. The van der Waals surface area contributed by atoms with Gasteiger partial charge in [-0.3, -0.25) is 0 Å². The Balaban J connectivity index is 1.44. The van der Waals surface area contributed by atoms with Crippen molar-refractivity contribution in [1.82, 2.24) is 19.9 Å². The zero-order valence-corrected chi connectivity index (χ0v) is 19.9. The second kappa shape index (κ2) is 8.41. The van der Waals surface area contributed by atoms with Crippen LogP contribution in [-0.2, 0) is 0 Å². The second-order valence-electron chi connectivity index (χ2n) is 10.4. The van der Waals surface area contributed by atoms with Gasteiger partial charge >= 0.3 is 0 Å². The Bertz CT molecular complexity index is 1160. The van der Waals surface area contributed by atoms with Crippen LogP contribution in [-0.4, -0.2) is 57.3 Å². The minimum Gasteiger partial charge on any atom is -0.389 e. The van der Waals surface area contributed by atoms with Crippen molar-refractivity contribution in [1.29, 1.82) is 0 Å². The molecule has 2 aliphatic rings. The lowest BCUT2D eigenvalue weighted by molar-refractivity contribution is 0.141. The van der Waals surface area contributed by atoms with Gasteiger partial charge in [0.15, 0.2) is 0 Å². The van der Waals surface area contributed by atoms with E-state index < -0.39 is 0 Å². The minimum atomic E-state index is -0.280. The number of aliphatic hydroxyl groups is 1. The van der Waals surface area contributed by atoms with Crippen molar-refractivity contribution in [3.63, 3.8) is 0 Å². The molecular weight excluding hydrogens is 414 g/mol. The molecule has 174 valence electrons. The normalized spacial score (nSPS) is 18.6. The highest BCUT2D eigenvalue weighted by Gasteiger charge is 2.29. The molecule has 8 heteroatoms. The van der Waals surface area contributed by atoms with E-state index in [1.165, 1.54) is 12.0 Å². The molecule has 5 rings (SSSR count). The van der Waals surface area contributed by atoms with E-state index in [2.05, 4.69) is 58.8 Å². The summed E-state index contributed by atoms with van der Waals surface area (Å²) in [4.78, 5) is 23.1. The van der Waals surface area contributed by atoms with E-state index in [1.807, 2.05) is 24.7 Å². The highest BCUT2D eigenvalue weighted by Crippen LogP contribution is 2.34. The van der Waals surface area contributed by atoms with Crippen molar-refractivity contribution in [3.05, 3.63) is 36.3 Å². The van der Waals surface area contributed by atoms with E-state index in [9.17, 15) is 5.11 Å². The number of pyridine rings is 2. The van der Waals surface area contributed by atoms with Crippen molar-refractivity contribution in [2.24, 2.45) is 5.41 Å². The lowest BCUT2D eigenvalue weighted by Gasteiger charge is -2.38. The van der Waals surface area contributed by atoms with Gasteiger partial charge in [-0.1, -0.05) is 27.7 Å². The van der Waals surface area contributed by atoms with Gasteiger partial charge in [0.25, 0.3) is 0 Å². The van der Waals surface area contributed by atoms with Gasteiger partial charge in [0.2, 0.25) is 5.95 Å². The van der Waals surface area contributed by atoms with Crippen molar-refractivity contribution < 1.29 is 5.11 Å². The Morgan fingerprint density at radius 3 is 2.61 bits per heavy atom. The van der Waals surface area contributed by atoms with Crippen LogP contribution in [0, 0.1) is 5.41 Å². The van der Waals surface area contributed by atoms with Crippen LogP contribution in [0.2, 0.25) is 0 Å². The van der Waals surface area contributed by atoms with Crippen LogP contribution in [0.4, 0.5) is 23.4 Å². The van der Waals surface area contributed by atoms with E-state index in [0.29, 0.717) is 19.0 Å². The quantitative estimate of drug-likeness (QED) is 0.604. The van der Waals surface area contributed by atoms with Crippen LogP contribution in [0.3, 0.4) is 0 Å². The number of aromatic nitrogens is 4. The molecule has 2 aliphatic heterocycles. The minimum absolute atomic E-state index is 0.274. The molecule has 5 heterocycles. The van der Waals surface area contributed by atoms with Gasteiger partial charge in [-0.05, 0) is 47.3 Å². The molecule has 0 bridgehead atoms. The largest absolute Gasteiger partial charge is 0.389 e. The van der Waals surface area contributed by atoms with Gasteiger partial charge in [-0.25, -0.2) is 15.0 Å². The summed E-state index contributed by atoms with van der Waals surface area (Å²) in [5.41, 5.74) is 1.45. The average Bonchev–Trinajstić information content (AvgIpc) is 2.75. The van der Waals surface area contributed by atoms with E-state index in [4.69, 9.17) is 9.97 Å². The standard InChI is InChI=1S/C25H33N7O/c1-16(2)19-11-28-23(32-13-17(33)14-32)20-12-27-22(10-18(19)20)29-21-6-8-26-24(30-21)31-9-5-7-25(3,4)15-31/h6,8,10-12,16-17,33H,5,7,9,13-15H2,1-4H3,(H,26,27,29,30). The Labute approximate surface area is 195 Å². The summed E-state index contributed by atoms with van der Waals surface area (Å²) in [5.74, 6) is 3.46. The van der Waals surface area contributed by atoms with Crippen molar-refractivity contribution in [2.75, 3.05) is 41.3 Å². The average molecular weight is 448 g/mol. The molecule has 3 aromatic rings. The van der Waals surface area contributed by atoms with Gasteiger partial charge < -0.3 is 20.2 Å². The molecule has 2 saturated heterocycles. The fourth-order valence-corrected chi connectivity index (χ4v) is 4.85. The third kappa shape index (κ3) is 4.44. The summed E-state index contributed by atoms with van der Waals surface area (Å²) in [6.45, 7) is 12.1. The van der Waals surface area contributed by atoms with E-state index in [1.54, 1.807) is 0 Å². The number of piperidine rings is 1. The first-order chi connectivity index (χ1) is 15.8. The molecule has 2 N–H and O–H groups in total. The smallest absolute Gasteiger partial charge is 0.227 e. The number of aliphatic hydroxyl groups excluding tert-OH is 1. The van der Waals surface area contributed by atoms with Crippen LogP contribution in [0.5, 0.6) is 0 Å². The summed E-state index contributed by atoms with van der Waals surface area (Å²) in [5, 5.41) is 15.3. The lowest BCUT2D eigenvalue weighted by Crippen LogP contribution is -2.51. The number of nitrogens with zero attached hydrogens (tertiary/aromatic N) is 6. The van der Waals surface area contributed by atoms with E-state index in [0.717, 1.165) is 53.7 Å². The second-order valence-corrected chi connectivity index (χ2v) is 10.4. The van der Waals surface area contributed by atoms with E-state index >= 15 is 0 Å². The molecule has 0 atom stereocenters. The third-order valence-electron chi connectivity index (χ3n) is 6.65. The van der Waals surface area contributed by atoms with Crippen molar-refractivity contribution in [3.8, 4) is 0 Å². The summed E-state index contributed by atoms with van der Waals surface area (Å²) in [6, 6.07) is 3.96. The van der Waals surface area contributed by atoms with Gasteiger partial charge in [0.05, 0.1) is 6.10 Å². The van der Waals surface area contributed by atoms with Crippen molar-refractivity contribution in [2.45, 2.75) is 52.6 Å². The molecule has 8 nitrogen and oxygen atoms in total. The number of nitrogens with one attached hydrogen (secondary N) is 1. The van der Waals surface area contributed by atoms with Crippen LogP contribution >= 0.6 is 0 Å². The SMILES string of the molecule is CC(C)c1cnc(N2CC(O)C2)c2cnc(Nc3ccnc(N4CCCC(C)(C)C4)n3)cc12. The molecule has 0 aromatic carbocycles. The maximum Gasteiger partial charge on any atom is 0.227 e. The zero-order chi connectivity index (χ0) is 23.2. The highest BCUT2D eigenvalue weighted by atomic mass is 16.3. The maximum absolute atomic E-state index is 9.74. The fourth-order valence-electron chi connectivity index (χ4n) is 4.85. The molecule has 33 heavy (non-hydrogen) atoms. The number of hydrogen-bond donors (Lipinski definition) is 2. The Kier molecular flexibility index (Phi) is 5.56. The fraction of sp³-hybridized carbons (Fsp3) is 0.520. The van der Waals surface area contributed by atoms with Gasteiger partial charge in [0, 0.05) is 50.2 Å². The monoisotopic (exact) mass is 447 g/mol. The molecule has 0 unspecified atom stereocenters. The number of hydrogen-bond acceptors (Lipinski definition) is 8. The lowest BCUT2D eigenvalue weighted by atomic mass is 9.84. The number of rotatable bonds is 5. The first-order valence-corrected chi connectivity index (χ1v) is 11.9. The van der Waals surface area contributed by atoms with Crippen LogP contribution in [0.1, 0.15) is 52.0 Å². The summed E-state index contributed by atoms with van der Waals surface area (Å²) < 4.78 is 0. The summed E-state index contributed by atoms with van der Waals surface area (Å²) in [7, 11) is 0. The maximum atomic E-state index is 9.74. The molecule has 0 radical (unpaired) electrons.